The first-order valence-corrected chi connectivity index (χ1v) is 9.31. The number of carbonyl (C=O) groups excluding carboxylic acids is 3. The van der Waals surface area contributed by atoms with E-state index in [9.17, 15) is 14.4 Å². The molecule has 10 nitrogen and oxygen atoms in total. The number of ether oxygens (including phenoxy) is 4. The van der Waals surface area contributed by atoms with Gasteiger partial charge in [0.1, 0.15) is 6.04 Å². The molecule has 0 spiro atoms. The molecule has 29 heavy (non-hydrogen) atoms. The Morgan fingerprint density at radius 1 is 1.17 bits per heavy atom. The summed E-state index contributed by atoms with van der Waals surface area (Å²) in [5.41, 5.74) is 11.5. The van der Waals surface area contributed by atoms with Gasteiger partial charge in [0, 0.05) is 19.5 Å². The number of hydrogen-bond acceptors (Lipinski definition) is 8. The van der Waals surface area contributed by atoms with Crippen molar-refractivity contribution in [3.63, 3.8) is 0 Å². The van der Waals surface area contributed by atoms with Gasteiger partial charge in [-0.2, -0.15) is 0 Å². The van der Waals surface area contributed by atoms with Crippen molar-refractivity contribution in [1.82, 2.24) is 4.90 Å². The lowest BCUT2D eigenvalue weighted by molar-refractivity contribution is -0.168. The molecular formula is C19H27N3O7. The minimum atomic E-state index is -1.21. The summed E-state index contributed by atoms with van der Waals surface area (Å²) in [5.74, 6) is -0.236. The molecule has 0 fully saturated rings. The summed E-state index contributed by atoms with van der Waals surface area (Å²) < 4.78 is 20.8. The molecule has 1 aliphatic heterocycles. The van der Waals surface area contributed by atoms with Crippen LogP contribution in [0.1, 0.15) is 32.8 Å². The number of amides is 2. The summed E-state index contributed by atoms with van der Waals surface area (Å²) in [6.45, 7) is 5.68. The Morgan fingerprint density at radius 3 is 2.52 bits per heavy atom. The molecule has 160 valence electrons. The van der Waals surface area contributed by atoms with Gasteiger partial charge in [-0.1, -0.05) is 6.07 Å². The molecule has 1 heterocycles. The SMILES string of the molecule is CCN(C(=O)OC(C)OC(=O)C(N)CC(N)=O)C(C)Cc1ccc2c(c1)OCO2. The third-order valence-electron chi connectivity index (χ3n) is 4.35. The number of esters is 1. The second-order valence-electron chi connectivity index (χ2n) is 6.69. The van der Waals surface area contributed by atoms with Crippen LogP contribution >= 0.6 is 0 Å². The molecule has 1 aromatic rings. The standard InChI is InChI=1S/C19H27N3O7/c1-4-22(11(2)7-13-5-6-15-16(8-13)27-10-26-15)19(25)29-12(3)28-18(24)14(20)9-17(21)23/h5-6,8,11-12,14H,4,7,9-10,20H2,1-3H3,(H2,21,23). The molecular weight excluding hydrogens is 382 g/mol. The minimum Gasteiger partial charge on any atom is -0.454 e. The van der Waals surface area contributed by atoms with Crippen molar-refractivity contribution in [3.8, 4) is 11.5 Å². The second-order valence-corrected chi connectivity index (χ2v) is 6.69. The maximum absolute atomic E-state index is 12.5. The summed E-state index contributed by atoms with van der Waals surface area (Å²) in [6.07, 6.45) is -1.59. The van der Waals surface area contributed by atoms with Gasteiger partial charge in [0.15, 0.2) is 11.5 Å². The first-order valence-electron chi connectivity index (χ1n) is 9.31. The van der Waals surface area contributed by atoms with E-state index >= 15 is 0 Å². The van der Waals surface area contributed by atoms with Gasteiger partial charge in [-0.3, -0.25) is 9.59 Å². The molecule has 1 aromatic carbocycles. The molecule has 1 aliphatic rings. The van der Waals surface area contributed by atoms with Crippen LogP contribution in [-0.2, 0) is 25.5 Å². The van der Waals surface area contributed by atoms with E-state index in [4.69, 9.17) is 30.4 Å². The average Bonchev–Trinajstić information content (AvgIpc) is 3.09. The van der Waals surface area contributed by atoms with Crippen LogP contribution in [0.4, 0.5) is 4.79 Å². The largest absolute Gasteiger partial charge is 0.454 e. The van der Waals surface area contributed by atoms with Gasteiger partial charge in [-0.15, -0.1) is 0 Å². The molecule has 3 atom stereocenters. The highest BCUT2D eigenvalue weighted by Crippen LogP contribution is 2.33. The summed E-state index contributed by atoms with van der Waals surface area (Å²) >= 11 is 0. The van der Waals surface area contributed by atoms with Crippen LogP contribution in [0.15, 0.2) is 18.2 Å². The van der Waals surface area contributed by atoms with Crippen molar-refractivity contribution in [2.75, 3.05) is 13.3 Å². The normalized spacial score (nSPS) is 15.2. The molecule has 10 heteroatoms. The Morgan fingerprint density at radius 2 is 1.86 bits per heavy atom. The Hall–Kier alpha value is -3.01. The van der Waals surface area contributed by atoms with Gasteiger partial charge >= 0.3 is 12.1 Å². The van der Waals surface area contributed by atoms with Crippen molar-refractivity contribution in [2.24, 2.45) is 11.5 Å². The Labute approximate surface area is 169 Å². The fourth-order valence-electron chi connectivity index (χ4n) is 2.92. The quantitative estimate of drug-likeness (QED) is 0.452. The highest BCUT2D eigenvalue weighted by Gasteiger charge is 2.26. The third kappa shape index (κ3) is 6.24. The van der Waals surface area contributed by atoms with Gasteiger partial charge < -0.3 is 35.3 Å². The lowest BCUT2D eigenvalue weighted by atomic mass is 10.1. The monoisotopic (exact) mass is 409 g/mol. The van der Waals surface area contributed by atoms with E-state index < -0.39 is 30.3 Å². The highest BCUT2D eigenvalue weighted by molar-refractivity contribution is 5.84. The van der Waals surface area contributed by atoms with Crippen molar-refractivity contribution >= 4 is 18.0 Å². The molecule has 4 N–H and O–H groups in total. The smallest absolute Gasteiger partial charge is 0.413 e. The molecule has 0 aromatic heterocycles. The summed E-state index contributed by atoms with van der Waals surface area (Å²) in [7, 11) is 0. The number of likely N-dealkylation sites (N-methyl/N-ethyl adjacent to an activating group) is 1. The predicted octanol–water partition coefficient (Wildman–Crippen LogP) is 0.897. The molecule has 0 aliphatic carbocycles. The van der Waals surface area contributed by atoms with E-state index in [0.29, 0.717) is 24.5 Å². The number of nitrogens with zero attached hydrogens (tertiary/aromatic N) is 1. The number of rotatable bonds is 9. The Balaban J connectivity index is 1.89. The molecule has 3 unspecified atom stereocenters. The van der Waals surface area contributed by atoms with Gasteiger partial charge in [-0.05, 0) is 38.0 Å². The third-order valence-corrected chi connectivity index (χ3v) is 4.35. The lowest BCUT2D eigenvalue weighted by Crippen LogP contribution is -2.43. The number of benzene rings is 1. The number of hydrogen-bond donors (Lipinski definition) is 2. The predicted molar refractivity (Wildman–Crippen MR) is 102 cm³/mol. The fraction of sp³-hybridized carbons (Fsp3) is 0.526. The molecule has 0 radical (unpaired) electrons. The average molecular weight is 409 g/mol. The van der Waals surface area contributed by atoms with Crippen LogP contribution in [0.25, 0.3) is 0 Å². The van der Waals surface area contributed by atoms with E-state index in [1.807, 2.05) is 32.0 Å². The maximum atomic E-state index is 12.5. The zero-order chi connectivity index (χ0) is 21.6. The van der Waals surface area contributed by atoms with Crippen molar-refractivity contribution in [2.45, 2.75) is 52.0 Å². The molecule has 0 bridgehead atoms. The van der Waals surface area contributed by atoms with Gasteiger partial charge in [0.05, 0.1) is 6.42 Å². The number of fused-ring (bicyclic) bond motifs is 1. The summed E-state index contributed by atoms with van der Waals surface area (Å²) in [5, 5.41) is 0. The zero-order valence-corrected chi connectivity index (χ0v) is 16.8. The van der Waals surface area contributed by atoms with Gasteiger partial charge in [0.25, 0.3) is 0 Å². The van der Waals surface area contributed by atoms with Gasteiger partial charge in [0.2, 0.25) is 19.0 Å². The molecule has 0 saturated heterocycles. The summed E-state index contributed by atoms with van der Waals surface area (Å²) in [6, 6.07) is 4.22. The highest BCUT2D eigenvalue weighted by atomic mass is 16.7. The van der Waals surface area contributed by atoms with Crippen LogP contribution in [0.5, 0.6) is 11.5 Å². The number of carbonyl (C=O) groups is 3. The number of nitrogens with two attached hydrogens (primary N) is 2. The van der Waals surface area contributed by atoms with Crippen LogP contribution < -0.4 is 20.9 Å². The molecule has 0 saturated carbocycles. The first kappa shape index (κ1) is 22.3. The Bertz CT molecular complexity index is 755. The van der Waals surface area contributed by atoms with Crippen LogP contribution in [0.3, 0.4) is 0 Å². The molecule has 2 rings (SSSR count). The van der Waals surface area contributed by atoms with Crippen LogP contribution in [-0.4, -0.2) is 54.6 Å². The molecule has 2 amide bonds. The Kier molecular flexibility index (Phi) is 7.66. The van der Waals surface area contributed by atoms with Gasteiger partial charge in [-0.25, -0.2) is 4.79 Å². The fourth-order valence-corrected chi connectivity index (χ4v) is 2.92. The summed E-state index contributed by atoms with van der Waals surface area (Å²) in [4.78, 5) is 36.6. The van der Waals surface area contributed by atoms with E-state index in [1.54, 1.807) is 0 Å². The van der Waals surface area contributed by atoms with E-state index in [0.717, 1.165) is 5.56 Å². The topological polar surface area (TPSA) is 143 Å². The minimum absolute atomic E-state index is 0.187. The van der Waals surface area contributed by atoms with Crippen LogP contribution in [0, 0.1) is 0 Å². The van der Waals surface area contributed by atoms with Crippen molar-refractivity contribution in [1.29, 1.82) is 0 Å². The van der Waals surface area contributed by atoms with Crippen LogP contribution in [0.2, 0.25) is 0 Å². The van der Waals surface area contributed by atoms with E-state index in [1.165, 1.54) is 11.8 Å². The second kappa shape index (κ2) is 9.97. The lowest BCUT2D eigenvalue weighted by Gasteiger charge is -2.28. The number of primary amides is 1. The van der Waals surface area contributed by atoms with E-state index in [2.05, 4.69) is 0 Å². The van der Waals surface area contributed by atoms with E-state index in [-0.39, 0.29) is 19.3 Å². The first-order chi connectivity index (χ1) is 13.7. The van der Waals surface area contributed by atoms with Crippen molar-refractivity contribution in [3.05, 3.63) is 23.8 Å². The zero-order valence-electron chi connectivity index (χ0n) is 16.8. The maximum Gasteiger partial charge on any atom is 0.413 e. The van der Waals surface area contributed by atoms with Crippen molar-refractivity contribution < 1.29 is 33.3 Å².